The number of hydrogen-bond donors (Lipinski definition) is 1. The molecule has 1 saturated heterocycles. The summed E-state index contributed by atoms with van der Waals surface area (Å²) in [4.78, 5) is 15.6. The van der Waals surface area contributed by atoms with Crippen molar-refractivity contribution in [1.29, 1.82) is 0 Å². The van der Waals surface area contributed by atoms with Crippen molar-refractivity contribution in [2.24, 2.45) is 0 Å². The van der Waals surface area contributed by atoms with Crippen LogP contribution in [-0.2, 0) is 16.1 Å². The van der Waals surface area contributed by atoms with Crippen LogP contribution in [0.1, 0.15) is 49.2 Å². The third kappa shape index (κ3) is 1.74. The molecule has 1 fully saturated rings. The lowest BCUT2D eigenvalue weighted by Crippen LogP contribution is -2.23. The lowest BCUT2D eigenvalue weighted by Gasteiger charge is -2.23. The first kappa shape index (κ1) is 10.8. The molecule has 0 amide bonds. The molecule has 2 unspecified atom stereocenters. The molecule has 5 nitrogen and oxygen atoms in total. The van der Waals surface area contributed by atoms with E-state index in [9.17, 15) is 9.90 Å². The summed E-state index contributed by atoms with van der Waals surface area (Å²) in [6.07, 6.45) is 5.46. The quantitative estimate of drug-likeness (QED) is 0.848. The lowest BCUT2D eigenvalue weighted by atomic mass is 9.96. The van der Waals surface area contributed by atoms with E-state index in [0.717, 1.165) is 43.9 Å². The number of fused-ring (bicyclic) bond motifs is 1. The highest BCUT2D eigenvalue weighted by molar-refractivity contribution is 5.75. The maximum absolute atomic E-state index is 11.2. The van der Waals surface area contributed by atoms with Crippen molar-refractivity contribution in [2.75, 3.05) is 6.61 Å². The first-order valence-electron chi connectivity index (χ1n) is 6.17. The number of ether oxygens (including phenoxy) is 1. The Kier molecular flexibility index (Phi) is 2.63. The molecule has 1 aromatic rings. The summed E-state index contributed by atoms with van der Waals surface area (Å²) in [5.74, 6) is -0.223. The average Bonchev–Trinajstić information content (AvgIpc) is 2.96. The Hall–Kier alpha value is -1.36. The second-order valence-electron chi connectivity index (χ2n) is 4.73. The highest BCUT2D eigenvalue weighted by Crippen LogP contribution is 2.34. The standard InChI is InChI=1S/C12H16N2O3/c15-12(16)8-3-1-5-14-9(8)7-13-11(14)10-4-2-6-17-10/h7-8,10H,1-6H2,(H,15,16). The van der Waals surface area contributed by atoms with Gasteiger partial charge in [-0.25, -0.2) is 4.98 Å². The van der Waals surface area contributed by atoms with E-state index in [4.69, 9.17) is 4.74 Å². The molecule has 1 N–H and O–H groups in total. The molecule has 3 rings (SSSR count). The second kappa shape index (κ2) is 4.14. The molecule has 92 valence electrons. The Morgan fingerprint density at radius 1 is 1.47 bits per heavy atom. The summed E-state index contributed by atoms with van der Waals surface area (Å²) >= 11 is 0. The summed E-state index contributed by atoms with van der Waals surface area (Å²) in [5.41, 5.74) is 0.842. The minimum Gasteiger partial charge on any atom is -0.481 e. The monoisotopic (exact) mass is 236 g/mol. The van der Waals surface area contributed by atoms with Crippen LogP contribution in [0.3, 0.4) is 0 Å². The van der Waals surface area contributed by atoms with E-state index in [0.29, 0.717) is 6.42 Å². The third-order valence-corrected chi connectivity index (χ3v) is 3.66. The van der Waals surface area contributed by atoms with Gasteiger partial charge in [-0.05, 0) is 25.7 Å². The second-order valence-corrected chi connectivity index (χ2v) is 4.73. The molecule has 0 bridgehead atoms. The van der Waals surface area contributed by atoms with E-state index in [-0.39, 0.29) is 6.10 Å². The van der Waals surface area contributed by atoms with Gasteiger partial charge >= 0.3 is 5.97 Å². The number of carboxylic acid groups (broad SMARTS) is 1. The van der Waals surface area contributed by atoms with E-state index in [1.807, 2.05) is 0 Å². The van der Waals surface area contributed by atoms with Crippen molar-refractivity contribution in [2.45, 2.75) is 44.2 Å². The average molecular weight is 236 g/mol. The maximum atomic E-state index is 11.2. The Balaban J connectivity index is 1.95. The van der Waals surface area contributed by atoms with Gasteiger partial charge in [0, 0.05) is 19.3 Å². The van der Waals surface area contributed by atoms with Crippen LogP contribution in [0.4, 0.5) is 0 Å². The molecule has 5 heteroatoms. The fourth-order valence-electron chi connectivity index (χ4n) is 2.82. The summed E-state index contributed by atoms with van der Waals surface area (Å²) in [7, 11) is 0. The predicted molar refractivity (Wildman–Crippen MR) is 59.8 cm³/mol. The third-order valence-electron chi connectivity index (χ3n) is 3.66. The highest BCUT2D eigenvalue weighted by atomic mass is 16.5. The van der Waals surface area contributed by atoms with Crippen LogP contribution < -0.4 is 0 Å². The van der Waals surface area contributed by atoms with Gasteiger partial charge in [-0.1, -0.05) is 0 Å². The number of carboxylic acids is 1. The molecule has 2 aliphatic rings. The van der Waals surface area contributed by atoms with Crippen LogP contribution in [0.5, 0.6) is 0 Å². The van der Waals surface area contributed by atoms with Gasteiger partial charge in [0.15, 0.2) is 0 Å². The van der Waals surface area contributed by atoms with Gasteiger partial charge in [0.2, 0.25) is 0 Å². The summed E-state index contributed by atoms with van der Waals surface area (Å²) in [6, 6.07) is 0. The van der Waals surface area contributed by atoms with E-state index >= 15 is 0 Å². The van der Waals surface area contributed by atoms with Gasteiger partial charge < -0.3 is 14.4 Å². The van der Waals surface area contributed by atoms with E-state index in [1.165, 1.54) is 0 Å². The van der Waals surface area contributed by atoms with Crippen LogP contribution in [0.15, 0.2) is 6.20 Å². The number of carbonyl (C=O) groups is 1. The molecule has 0 saturated carbocycles. The van der Waals surface area contributed by atoms with Gasteiger partial charge in [-0.3, -0.25) is 4.79 Å². The molecule has 2 aliphatic heterocycles. The van der Waals surface area contributed by atoms with Crippen molar-refractivity contribution in [3.05, 3.63) is 17.7 Å². The Bertz CT molecular complexity index is 435. The molecule has 1 aromatic heterocycles. The van der Waals surface area contributed by atoms with Crippen LogP contribution in [0.2, 0.25) is 0 Å². The minimum atomic E-state index is -0.746. The van der Waals surface area contributed by atoms with Gasteiger partial charge in [0.1, 0.15) is 11.9 Å². The molecule has 17 heavy (non-hydrogen) atoms. The van der Waals surface area contributed by atoms with Crippen molar-refractivity contribution >= 4 is 5.97 Å². The van der Waals surface area contributed by atoms with Crippen LogP contribution in [-0.4, -0.2) is 27.2 Å². The molecule has 0 radical (unpaired) electrons. The SMILES string of the molecule is O=C(O)C1CCCn2c1cnc2C1CCCO1. The zero-order valence-electron chi connectivity index (χ0n) is 9.63. The fourth-order valence-corrected chi connectivity index (χ4v) is 2.82. The molecule has 2 atom stereocenters. The first-order valence-corrected chi connectivity index (χ1v) is 6.17. The van der Waals surface area contributed by atoms with Crippen molar-refractivity contribution in [3.8, 4) is 0 Å². The maximum Gasteiger partial charge on any atom is 0.312 e. The zero-order valence-corrected chi connectivity index (χ0v) is 9.63. The number of aliphatic carboxylic acids is 1. The zero-order chi connectivity index (χ0) is 11.8. The van der Waals surface area contributed by atoms with Crippen LogP contribution >= 0.6 is 0 Å². The number of rotatable bonds is 2. The van der Waals surface area contributed by atoms with Crippen molar-refractivity contribution in [3.63, 3.8) is 0 Å². The molecular weight excluding hydrogens is 220 g/mol. The van der Waals surface area contributed by atoms with Gasteiger partial charge in [-0.2, -0.15) is 0 Å². The molecular formula is C12H16N2O3. The van der Waals surface area contributed by atoms with Crippen LogP contribution in [0.25, 0.3) is 0 Å². The van der Waals surface area contributed by atoms with Gasteiger partial charge in [-0.15, -0.1) is 0 Å². The van der Waals surface area contributed by atoms with Gasteiger partial charge in [0.25, 0.3) is 0 Å². The summed E-state index contributed by atoms with van der Waals surface area (Å²) < 4.78 is 7.68. The molecule has 0 aliphatic carbocycles. The van der Waals surface area contributed by atoms with Crippen LogP contribution in [0, 0.1) is 0 Å². The predicted octanol–water partition coefficient (Wildman–Crippen LogP) is 1.70. The van der Waals surface area contributed by atoms with E-state index in [1.54, 1.807) is 6.20 Å². The highest BCUT2D eigenvalue weighted by Gasteiger charge is 2.31. The number of imidazole rings is 1. The summed E-state index contributed by atoms with van der Waals surface area (Å²) in [6.45, 7) is 1.66. The Labute approximate surface area is 99.4 Å². The topological polar surface area (TPSA) is 64.3 Å². The Morgan fingerprint density at radius 3 is 3.06 bits per heavy atom. The lowest BCUT2D eigenvalue weighted by molar-refractivity contribution is -0.139. The first-order chi connectivity index (χ1) is 8.27. The normalized spacial score (nSPS) is 28.0. The number of nitrogens with zero attached hydrogens (tertiary/aromatic N) is 2. The number of aromatic nitrogens is 2. The fraction of sp³-hybridized carbons (Fsp3) is 0.667. The molecule has 0 aromatic carbocycles. The minimum absolute atomic E-state index is 0.0660. The largest absolute Gasteiger partial charge is 0.481 e. The Morgan fingerprint density at radius 2 is 2.35 bits per heavy atom. The number of hydrogen-bond acceptors (Lipinski definition) is 3. The molecule has 0 spiro atoms. The molecule has 3 heterocycles. The van der Waals surface area contributed by atoms with Gasteiger partial charge in [0.05, 0.1) is 11.6 Å². The van der Waals surface area contributed by atoms with Crippen molar-refractivity contribution in [1.82, 2.24) is 9.55 Å². The van der Waals surface area contributed by atoms with E-state index < -0.39 is 11.9 Å². The van der Waals surface area contributed by atoms with E-state index in [2.05, 4.69) is 9.55 Å². The van der Waals surface area contributed by atoms with Crippen molar-refractivity contribution < 1.29 is 14.6 Å². The summed E-state index contributed by atoms with van der Waals surface area (Å²) in [5, 5.41) is 9.19. The smallest absolute Gasteiger partial charge is 0.312 e.